The molecule has 0 aliphatic heterocycles. The third-order valence-corrected chi connectivity index (χ3v) is 1.09. The summed E-state index contributed by atoms with van der Waals surface area (Å²) in [5.41, 5.74) is 1.30. The lowest BCUT2D eigenvalue weighted by Crippen LogP contribution is -1.68. The van der Waals surface area contributed by atoms with Crippen molar-refractivity contribution >= 4 is 12.6 Å². The monoisotopic (exact) mass is 142 g/mol. The highest BCUT2D eigenvalue weighted by atomic mass is 32.1. The van der Waals surface area contributed by atoms with Gasteiger partial charge >= 0.3 is 0 Å². The van der Waals surface area contributed by atoms with Crippen LogP contribution in [0.3, 0.4) is 0 Å². The van der Waals surface area contributed by atoms with Gasteiger partial charge in [0.25, 0.3) is 0 Å². The van der Waals surface area contributed by atoms with Gasteiger partial charge in [-0.1, -0.05) is 24.6 Å². The molecule has 0 saturated heterocycles. The summed E-state index contributed by atoms with van der Waals surface area (Å²) >= 11 is 4.15. The van der Waals surface area contributed by atoms with Gasteiger partial charge in [0, 0.05) is 0 Å². The Balaban J connectivity index is 3.90. The van der Waals surface area contributed by atoms with Crippen molar-refractivity contribution in [3.05, 3.63) is 22.6 Å². The molecule has 0 aliphatic carbocycles. The van der Waals surface area contributed by atoms with E-state index in [-0.39, 0.29) is 0 Å². The summed E-state index contributed by atoms with van der Waals surface area (Å²) in [5.74, 6) is 0. The maximum atomic E-state index is 4.15. The molecule has 0 amide bonds. The zero-order chi connectivity index (χ0) is 7.28. The third-order valence-electron chi connectivity index (χ3n) is 0.963. The van der Waals surface area contributed by atoms with Crippen LogP contribution >= 0.6 is 12.6 Å². The highest BCUT2D eigenvalue weighted by Gasteiger charge is 1.80. The molecule has 1 heteroatoms. The molecular formula is C8H14S. The maximum absolute atomic E-state index is 4.15. The van der Waals surface area contributed by atoms with Crippen molar-refractivity contribution < 1.29 is 0 Å². The van der Waals surface area contributed by atoms with Crippen LogP contribution in [0, 0.1) is 0 Å². The summed E-state index contributed by atoms with van der Waals surface area (Å²) in [5, 5.41) is 0. The van der Waals surface area contributed by atoms with E-state index in [2.05, 4.69) is 38.6 Å². The van der Waals surface area contributed by atoms with Crippen molar-refractivity contribution in [1.29, 1.82) is 0 Å². The van der Waals surface area contributed by atoms with Gasteiger partial charge in [-0.25, -0.2) is 0 Å². The van der Waals surface area contributed by atoms with Crippen molar-refractivity contribution in [2.75, 3.05) is 0 Å². The summed E-state index contributed by atoms with van der Waals surface area (Å²) in [6.07, 6.45) is 5.34. The Morgan fingerprint density at radius 1 is 1.44 bits per heavy atom. The minimum absolute atomic E-state index is 1.07. The van der Waals surface area contributed by atoms with Crippen LogP contribution in [-0.2, 0) is 0 Å². The van der Waals surface area contributed by atoms with Crippen molar-refractivity contribution in [3.8, 4) is 0 Å². The fourth-order valence-corrected chi connectivity index (χ4v) is 0.914. The van der Waals surface area contributed by atoms with E-state index in [0.717, 1.165) is 11.3 Å². The molecule has 9 heavy (non-hydrogen) atoms. The van der Waals surface area contributed by atoms with Crippen LogP contribution in [0.15, 0.2) is 22.6 Å². The Morgan fingerprint density at radius 2 is 2.00 bits per heavy atom. The lowest BCUT2D eigenvalue weighted by Gasteiger charge is -1.90. The lowest BCUT2D eigenvalue weighted by atomic mass is 10.2. The highest BCUT2D eigenvalue weighted by molar-refractivity contribution is 7.84. The van der Waals surface area contributed by atoms with Gasteiger partial charge in [-0.15, -0.1) is 12.6 Å². The largest absolute Gasteiger partial charge is 0.148 e. The van der Waals surface area contributed by atoms with Gasteiger partial charge in [0.1, 0.15) is 0 Å². The molecule has 0 heterocycles. The molecule has 0 aromatic heterocycles. The molecule has 0 radical (unpaired) electrons. The summed E-state index contributed by atoms with van der Waals surface area (Å²) < 4.78 is 0. The number of hydrogen-bond acceptors (Lipinski definition) is 1. The second-order valence-electron chi connectivity index (χ2n) is 2.14. The summed E-state index contributed by atoms with van der Waals surface area (Å²) in [6.45, 7) is 6.20. The normalized spacial score (nSPS) is 14.2. The van der Waals surface area contributed by atoms with Crippen LogP contribution in [-0.4, -0.2) is 0 Å². The fourth-order valence-electron chi connectivity index (χ4n) is 0.710. The molecular weight excluding hydrogens is 128 g/mol. The van der Waals surface area contributed by atoms with Gasteiger partial charge in [0.2, 0.25) is 0 Å². The number of hydrogen-bond donors (Lipinski definition) is 1. The van der Waals surface area contributed by atoms with E-state index in [4.69, 9.17) is 0 Å². The number of thiol groups is 1. The lowest BCUT2D eigenvalue weighted by molar-refractivity contribution is 1.20. The van der Waals surface area contributed by atoms with E-state index in [1.165, 1.54) is 5.57 Å². The zero-order valence-corrected chi connectivity index (χ0v) is 7.20. The summed E-state index contributed by atoms with van der Waals surface area (Å²) in [7, 11) is 0. The SMILES string of the molecule is CC/C=C(C)\C=C(\C)S. The molecule has 0 fully saturated rings. The molecule has 0 spiro atoms. The second kappa shape index (κ2) is 4.68. The van der Waals surface area contributed by atoms with Crippen LogP contribution in [0.4, 0.5) is 0 Å². The van der Waals surface area contributed by atoms with E-state index >= 15 is 0 Å². The van der Waals surface area contributed by atoms with Gasteiger partial charge in [-0.2, -0.15) is 0 Å². The molecule has 0 aromatic carbocycles. The third kappa shape index (κ3) is 5.71. The fraction of sp³-hybridized carbons (Fsp3) is 0.500. The minimum atomic E-state index is 1.07. The van der Waals surface area contributed by atoms with Gasteiger partial charge in [-0.3, -0.25) is 0 Å². The molecule has 0 saturated carbocycles. The van der Waals surface area contributed by atoms with E-state index in [1.807, 2.05) is 6.92 Å². The Labute approximate surface area is 63.1 Å². The first-order valence-electron chi connectivity index (χ1n) is 3.20. The minimum Gasteiger partial charge on any atom is -0.148 e. The second-order valence-corrected chi connectivity index (χ2v) is 2.85. The van der Waals surface area contributed by atoms with Crippen LogP contribution in [0.1, 0.15) is 27.2 Å². The van der Waals surface area contributed by atoms with Crippen molar-refractivity contribution in [2.24, 2.45) is 0 Å². The van der Waals surface area contributed by atoms with Crippen LogP contribution in [0.2, 0.25) is 0 Å². The van der Waals surface area contributed by atoms with Gasteiger partial charge < -0.3 is 0 Å². The highest BCUT2D eigenvalue weighted by Crippen LogP contribution is 2.04. The molecule has 0 unspecified atom stereocenters. The smallest absolute Gasteiger partial charge is 0.0213 e. The first-order chi connectivity index (χ1) is 4.16. The van der Waals surface area contributed by atoms with Gasteiger partial charge in [-0.05, 0) is 25.2 Å². The number of rotatable bonds is 2. The maximum Gasteiger partial charge on any atom is -0.0213 e. The molecule has 52 valence electrons. The summed E-state index contributed by atoms with van der Waals surface area (Å²) in [4.78, 5) is 1.07. The molecule has 0 aromatic rings. The van der Waals surface area contributed by atoms with E-state index in [9.17, 15) is 0 Å². The van der Waals surface area contributed by atoms with Crippen LogP contribution in [0.5, 0.6) is 0 Å². The van der Waals surface area contributed by atoms with Crippen LogP contribution in [0.25, 0.3) is 0 Å². The first-order valence-corrected chi connectivity index (χ1v) is 3.65. The van der Waals surface area contributed by atoms with Crippen molar-refractivity contribution in [1.82, 2.24) is 0 Å². The zero-order valence-electron chi connectivity index (χ0n) is 6.31. The average molecular weight is 142 g/mol. The van der Waals surface area contributed by atoms with E-state index < -0.39 is 0 Å². The predicted molar refractivity (Wildman–Crippen MR) is 46.8 cm³/mol. The quantitative estimate of drug-likeness (QED) is 0.444. The molecule has 0 atom stereocenters. The standard InChI is InChI=1S/C8H14S/c1-4-5-7(2)6-8(3)9/h5-6,9H,4H2,1-3H3/b7-5-,8-6-. The predicted octanol–water partition coefficient (Wildman–Crippen LogP) is 3.18. The topological polar surface area (TPSA) is 0 Å². The Kier molecular flexibility index (Phi) is 4.60. The Morgan fingerprint density at radius 3 is 2.33 bits per heavy atom. The van der Waals surface area contributed by atoms with E-state index in [1.54, 1.807) is 0 Å². The first kappa shape index (κ1) is 8.83. The number of allylic oxidation sites excluding steroid dienone is 4. The molecule has 0 bridgehead atoms. The van der Waals surface area contributed by atoms with E-state index in [0.29, 0.717) is 0 Å². The molecule has 0 nitrogen and oxygen atoms in total. The molecule has 0 N–H and O–H groups in total. The Hall–Kier alpha value is -0.170. The molecule has 0 rings (SSSR count). The van der Waals surface area contributed by atoms with Crippen molar-refractivity contribution in [3.63, 3.8) is 0 Å². The average Bonchev–Trinajstić information content (AvgIpc) is 1.63. The van der Waals surface area contributed by atoms with Gasteiger partial charge in [0.05, 0.1) is 0 Å². The molecule has 0 aliphatic rings. The summed E-state index contributed by atoms with van der Waals surface area (Å²) in [6, 6.07) is 0. The Bertz CT molecular complexity index is 128. The van der Waals surface area contributed by atoms with Gasteiger partial charge in [0.15, 0.2) is 0 Å². The van der Waals surface area contributed by atoms with Crippen molar-refractivity contribution in [2.45, 2.75) is 27.2 Å². The van der Waals surface area contributed by atoms with Crippen LogP contribution < -0.4 is 0 Å².